The van der Waals surface area contributed by atoms with Crippen LogP contribution in [-0.2, 0) is 11.2 Å². The Kier molecular flexibility index (Phi) is 4.64. The van der Waals surface area contributed by atoms with Crippen molar-refractivity contribution in [1.82, 2.24) is 5.32 Å². The second kappa shape index (κ2) is 6.30. The van der Waals surface area contributed by atoms with Crippen LogP contribution in [0.15, 0.2) is 28.9 Å². The number of hydrogen-bond donors (Lipinski definition) is 2. The Labute approximate surface area is 131 Å². The van der Waals surface area contributed by atoms with Crippen molar-refractivity contribution < 1.29 is 13.9 Å². The fraction of sp³-hybridized carbons (Fsp3) is 0.471. The van der Waals surface area contributed by atoms with Crippen molar-refractivity contribution in [2.75, 3.05) is 12.4 Å². The van der Waals surface area contributed by atoms with Crippen LogP contribution in [0.4, 0.5) is 10.5 Å². The summed E-state index contributed by atoms with van der Waals surface area (Å²) in [5, 5.41) is 7.04. The molecule has 1 amide bonds. The van der Waals surface area contributed by atoms with E-state index in [1.165, 1.54) is 0 Å². The summed E-state index contributed by atoms with van der Waals surface area (Å²) in [6.45, 7) is 7.49. The number of ether oxygens (including phenoxy) is 1. The van der Waals surface area contributed by atoms with Gasteiger partial charge in [0, 0.05) is 24.2 Å². The molecule has 22 heavy (non-hydrogen) atoms. The van der Waals surface area contributed by atoms with Crippen molar-refractivity contribution in [2.24, 2.45) is 0 Å². The molecule has 0 bridgehead atoms. The van der Waals surface area contributed by atoms with E-state index in [9.17, 15) is 4.79 Å². The lowest BCUT2D eigenvalue weighted by Crippen LogP contribution is -2.38. The normalized spacial score (nSPS) is 13.0. The summed E-state index contributed by atoms with van der Waals surface area (Å²) in [6, 6.07) is 5.95. The number of rotatable bonds is 4. The molecule has 0 aliphatic carbocycles. The Morgan fingerprint density at radius 1 is 1.36 bits per heavy atom. The standard InChI is InChI=1S/C17H24N2O3/c1-11(19-16(20)22-17(2,3)4)8-13-10-14(18-5)9-12-6-7-21-15(12)13/h6-7,9-11,18H,8H2,1-5H3,(H,19,20). The molecular formula is C17H24N2O3. The van der Waals surface area contributed by atoms with Gasteiger partial charge in [0.1, 0.15) is 11.2 Å². The van der Waals surface area contributed by atoms with Gasteiger partial charge in [-0.3, -0.25) is 0 Å². The first kappa shape index (κ1) is 16.2. The first-order valence-electron chi connectivity index (χ1n) is 7.46. The van der Waals surface area contributed by atoms with Crippen LogP contribution in [0.5, 0.6) is 0 Å². The van der Waals surface area contributed by atoms with Crippen LogP contribution in [0.25, 0.3) is 11.0 Å². The van der Waals surface area contributed by atoms with E-state index in [4.69, 9.17) is 9.15 Å². The van der Waals surface area contributed by atoms with E-state index in [0.29, 0.717) is 6.42 Å². The quantitative estimate of drug-likeness (QED) is 0.898. The highest BCUT2D eigenvalue weighted by Gasteiger charge is 2.18. The van der Waals surface area contributed by atoms with Gasteiger partial charge in [-0.05, 0) is 57.9 Å². The number of carbonyl (C=O) groups is 1. The van der Waals surface area contributed by atoms with E-state index < -0.39 is 11.7 Å². The summed E-state index contributed by atoms with van der Waals surface area (Å²) in [5.41, 5.74) is 2.44. The zero-order valence-corrected chi connectivity index (χ0v) is 13.8. The van der Waals surface area contributed by atoms with Gasteiger partial charge in [-0.2, -0.15) is 0 Å². The molecule has 2 rings (SSSR count). The van der Waals surface area contributed by atoms with Gasteiger partial charge in [0.2, 0.25) is 0 Å². The van der Waals surface area contributed by atoms with E-state index in [1.807, 2.05) is 52.9 Å². The molecule has 1 aromatic heterocycles. The Bertz CT molecular complexity index is 655. The topological polar surface area (TPSA) is 63.5 Å². The molecule has 0 spiro atoms. The molecule has 0 saturated heterocycles. The number of furan rings is 1. The molecule has 5 heteroatoms. The van der Waals surface area contributed by atoms with Crippen molar-refractivity contribution in [3.05, 3.63) is 30.0 Å². The molecule has 0 aliphatic rings. The molecule has 0 aliphatic heterocycles. The first-order valence-corrected chi connectivity index (χ1v) is 7.46. The molecule has 120 valence electrons. The Balaban J connectivity index is 2.09. The third-order valence-electron chi connectivity index (χ3n) is 3.21. The van der Waals surface area contributed by atoms with E-state index in [2.05, 4.69) is 10.6 Å². The van der Waals surface area contributed by atoms with Gasteiger partial charge in [0.15, 0.2) is 0 Å². The van der Waals surface area contributed by atoms with Crippen LogP contribution in [0, 0.1) is 0 Å². The second-order valence-electron chi connectivity index (χ2n) is 6.48. The average Bonchev–Trinajstić information content (AvgIpc) is 2.84. The lowest BCUT2D eigenvalue weighted by molar-refractivity contribution is 0.0508. The van der Waals surface area contributed by atoms with Crippen LogP contribution in [0.1, 0.15) is 33.3 Å². The fourth-order valence-electron chi connectivity index (χ4n) is 2.34. The largest absolute Gasteiger partial charge is 0.464 e. The number of carbonyl (C=O) groups excluding carboxylic acids is 1. The summed E-state index contributed by atoms with van der Waals surface area (Å²) >= 11 is 0. The minimum atomic E-state index is -0.496. The molecule has 0 radical (unpaired) electrons. The van der Waals surface area contributed by atoms with Crippen LogP contribution < -0.4 is 10.6 Å². The Hall–Kier alpha value is -2.17. The predicted octanol–water partition coefficient (Wildman–Crippen LogP) is 3.93. The second-order valence-corrected chi connectivity index (χ2v) is 6.48. The fourth-order valence-corrected chi connectivity index (χ4v) is 2.34. The van der Waals surface area contributed by atoms with Gasteiger partial charge < -0.3 is 19.8 Å². The summed E-state index contributed by atoms with van der Waals surface area (Å²) in [6.07, 6.45) is 1.94. The molecule has 2 aromatic rings. The van der Waals surface area contributed by atoms with Crippen molar-refractivity contribution in [1.29, 1.82) is 0 Å². The van der Waals surface area contributed by atoms with Gasteiger partial charge in [0.05, 0.1) is 6.26 Å². The van der Waals surface area contributed by atoms with E-state index in [0.717, 1.165) is 22.2 Å². The zero-order chi connectivity index (χ0) is 16.3. The molecule has 1 heterocycles. The molecule has 1 aromatic carbocycles. The van der Waals surface area contributed by atoms with Crippen LogP contribution in [-0.4, -0.2) is 24.8 Å². The van der Waals surface area contributed by atoms with Crippen molar-refractivity contribution in [3.63, 3.8) is 0 Å². The lowest BCUT2D eigenvalue weighted by atomic mass is 10.0. The number of fused-ring (bicyclic) bond motifs is 1. The molecule has 0 fully saturated rings. The minimum Gasteiger partial charge on any atom is -0.464 e. The number of nitrogens with one attached hydrogen (secondary N) is 2. The maximum absolute atomic E-state index is 11.8. The van der Waals surface area contributed by atoms with Crippen molar-refractivity contribution in [3.8, 4) is 0 Å². The smallest absolute Gasteiger partial charge is 0.407 e. The molecule has 2 N–H and O–H groups in total. The van der Waals surface area contributed by atoms with E-state index >= 15 is 0 Å². The zero-order valence-electron chi connectivity index (χ0n) is 13.8. The van der Waals surface area contributed by atoms with E-state index in [-0.39, 0.29) is 6.04 Å². The van der Waals surface area contributed by atoms with Crippen LogP contribution in [0.3, 0.4) is 0 Å². The first-order chi connectivity index (χ1) is 10.3. The highest BCUT2D eigenvalue weighted by Crippen LogP contribution is 2.26. The highest BCUT2D eigenvalue weighted by atomic mass is 16.6. The predicted molar refractivity (Wildman–Crippen MR) is 88.3 cm³/mol. The van der Waals surface area contributed by atoms with Crippen molar-refractivity contribution in [2.45, 2.75) is 45.8 Å². The van der Waals surface area contributed by atoms with Crippen molar-refractivity contribution >= 4 is 22.7 Å². The van der Waals surface area contributed by atoms with Gasteiger partial charge in [0.25, 0.3) is 0 Å². The Morgan fingerprint density at radius 2 is 2.09 bits per heavy atom. The Morgan fingerprint density at radius 3 is 2.73 bits per heavy atom. The summed E-state index contributed by atoms with van der Waals surface area (Å²) < 4.78 is 10.8. The number of benzene rings is 1. The molecule has 5 nitrogen and oxygen atoms in total. The van der Waals surface area contributed by atoms with Gasteiger partial charge in [-0.15, -0.1) is 0 Å². The lowest BCUT2D eigenvalue weighted by Gasteiger charge is -2.22. The van der Waals surface area contributed by atoms with Gasteiger partial charge >= 0.3 is 6.09 Å². The maximum Gasteiger partial charge on any atom is 0.407 e. The van der Waals surface area contributed by atoms with Gasteiger partial charge in [-0.25, -0.2) is 4.79 Å². The minimum absolute atomic E-state index is 0.0599. The summed E-state index contributed by atoms with van der Waals surface area (Å²) in [4.78, 5) is 11.8. The number of amides is 1. The summed E-state index contributed by atoms with van der Waals surface area (Å²) in [7, 11) is 1.88. The third kappa shape index (κ3) is 4.16. The van der Waals surface area contributed by atoms with Crippen LogP contribution >= 0.6 is 0 Å². The number of hydrogen-bond acceptors (Lipinski definition) is 4. The van der Waals surface area contributed by atoms with E-state index in [1.54, 1.807) is 6.26 Å². The number of alkyl carbamates (subject to hydrolysis) is 1. The molecule has 1 unspecified atom stereocenters. The molecular weight excluding hydrogens is 280 g/mol. The molecule has 0 saturated carbocycles. The van der Waals surface area contributed by atoms with Crippen LogP contribution in [0.2, 0.25) is 0 Å². The SMILES string of the molecule is CNc1cc(CC(C)NC(=O)OC(C)(C)C)c2occc2c1. The van der Waals surface area contributed by atoms with Gasteiger partial charge in [-0.1, -0.05) is 0 Å². The third-order valence-corrected chi connectivity index (χ3v) is 3.21. The maximum atomic E-state index is 11.8. The number of anilines is 1. The summed E-state index contributed by atoms with van der Waals surface area (Å²) in [5.74, 6) is 0. The molecule has 1 atom stereocenters. The average molecular weight is 304 g/mol. The monoisotopic (exact) mass is 304 g/mol. The highest BCUT2D eigenvalue weighted by molar-refractivity contribution is 5.84.